The normalized spacial score (nSPS) is 10.9. The summed E-state index contributed by atoms with van der Waals surface area (Å²) in [5, 5.41) is 24.3. The molecular formula is C47H44N12O6S2. The third-order valence-corrected chi connectivity index (χ3v) is 12.5. The first kappa shape index (κ1) is 45.5. The van der Waals surface area contributed by atoms with Crippen molar-refractivity contribution in [1.82, 2.24) is 39.9 Å². The molecule has 0 atom stereocenters. The van der Waals surface area contributed by atoms with E-state index < -0.39 is 23.6 Å². The number of carbonyl (C=O) groups is 4. The number of hydrogen-bond donors (Lipinski definition) is 3. The third-order valence-electron chi connectivity index (χ3n) is 10.5. The van der Waals surface area contributed by atoms with Crippen LogP contribution < -0.4 is 30.1 Å². The van der Waals surface area contributed by atoms with E-state index in [9.17, 15) is 9.59 Å². The number of hydrazine groups is 1. The van der Waals surface area contributed by atoms with Gasteiger partial charge < -0.3 is 19.0 Å². The Morgan fingerprint density at radius 1 is 0.642 bits per heavy atom. The Kier molecular flexibility index (Phi) is 13.8. The number of rotatable bonds is 16. The van der Waals surface area contributed by atoms with Gasteiger partial charge in [0, 0.05) is 53.2 Å². The highest BCUT2D eigenvalue weighted by atomic mass is 32.1. The van der Waals surface area contributed by atoms with Gasteiger partial charge in [0.15, 0.2) is 21.8 Å². The number of aromatic amines is 1. The minimum Gasteiger partial charge on any atom is -0.496 e. The van der Waals surface area contributed by atoms with Crippen LogP contribution in [0.25, 0.3) is 0 Å². The maximum atomic E-state index is 15.4. The van der Waals surface area contributed by atoms with Crippen molar-refractivity contribution in [3.05, 3.63) is 165 Å². The fourth-order valence-electron chi connectivity index (χ4n) is 7.22. The van der Waals surface area contributed by atoms with E-state index in [2.05, 4.69) is 46.0 Å². The Hall–Kier alpha value is -8.10. The molecule has 67 heavy (non-hydrogen) atoms. The number of carbonyl (C=O) groups excluding carboxylic acids is 4. The van der Waals surface area contributed by atoms with Crippen molar-refractivity contribution in [3.63, 3.8) is 0 Å². The molecule has 0 spiro atoms. The Balaban J connectivity index is 1.28. The van der Waals surface area contributed by atoms with E-state index >= 15 is 9.59 Å². The van der Waals surface area contributed by atoms with E-state index in [0.29, 0.717) is 54.1 Å². The van der Waals surface area contributed by atoms with Crippen molar-refractivity contribution >= 4 is 67.9 Å². The van der Waals surface area contributed by atoms with Crippen LogP contribution in [0.4, 0.5) is 31.2 Å². The number of hydrogen-bond acceptors (Lipinski definition) is 14. The van der Waals surface area contributed by atoms with Gasteiger partial charge in [-0.25, -0.2) is 19.6 Å². The van der Waals surface area contributed by atoms with Crippen LogP contribution in [-0.4, -0.2) is 77.8 Å². The van der Waals surface area contributed by atoms with Gasteiger partial charge in [-0.2, -0.15) is 10.0 Å². The highest BCUT2D eigenvalue weighted by molar-refractivity contribution is 7.16. The highest BCUT2D eigenvalue weighted by Crippen LogP contribution is 2.36. The lowest BCUT2D eigenvalue weighted by atomic mass is 9.98. The molecule has 0 saturated carbocycles. The van der Waals surface area contributed by atoms with Crippen LogP contribution in [0.5, 0.6) is 11.5 Å². The van der Waals surface area contributed by atoms with Crippen LogP contribution in [-0.2, 0) is 32.7 Å². The lowest BCUT2D eigenvalue weighted by Gasteiger charge is -2.36. The Morgan fingerprint density at radius 3 is 1.61 bits per heavy atom. The lowest BCUT2D eigenvalue weighted by Crippen LogP contribution is -2.54. The SMILES string of the molecule is COc1ccccc1C(=O)c1cc(C)ccc1N(C(=O)Nc1ncc(CCc2nnc[nH]2)s1)N(C(=O)Nc1ncc(CCc2nncn2C)s1)c1ccc(C)cc1C(=O)c1ccccc1OC. The first-order valence-electron chi connectivity index (χ1n) is 20.9. The minimum absolute atomic E-state index is 0.00336. The van der Waals surface area contributed by atoms with Gasteiger partial charge in [0.05, 0.1) is 36.7 Å². The van der Waals surface area contributed by atoms with Gasteiger partial charge in [-0.1, -0.05) is 47.5 Å². The molecule has 18 nitrogen and oxygen atoms in total. The molecule has 0 fully saturated rings. The quantitative estimate of drug-likeness (QED) is 0.0617. The first-order valence-corrected chi connectivity index (χ1v) is 22.5. The molecule has 340 valence electrons. The maximum Gasteiger partial charge on any atom is 0.347 e. The van der Waals surface area contributed by atoms with E-state index in [1.54, 1.807) is 104 Å². The molecule has 0 unspecified atom stereocenters. The van der Waals surface area contributed by atoms with Gasteiger partial charge in [0.1, 0.15) is 35.8 Å². The van der Waals surface area contributed by atoms with Crippen molar-refractivity contribution in [2.45, 2.75) is 39.5 Å². The van der Waals surface area contributed by atoms with Crippen molar-refractivity contribution in [3.8, 4) is 11.5 Å². The molecule has 0 aliphatic carbocycles. The zero-order valence-corrected chi connectivity index (χ0v) is 38.6. The molecule has 0 radical (unpaired) electrons. The monoisotopic (exact) mass is 936 g/mol. The van der Waals surface area contributed by atoms with Crippen LogP contribution in [0.3, 0.4) is 0 Å². The second-order valence-electron chi connectivity index (χ2n) is 15.1. The summed E-state index contributed by atoms with van der Waals surface area (Å²) in [5.74, 6) is 1.06. The molecule has 4 amide bonds. The molecule has 8 rings (SSSR count). The number of amides is 4. The van der Waals surface area contributed by atoms with Crippen molar-refractivity contribution < 1.29 is 28.7 Å². The second-order valence-corrected chi connectivity index (χ2v) is 17.4. The summed E-state index contributed by atoms with van der Waals surface area (Å²) in [6.07, 6.45) is 8.63. The molecule has 3 N–H and O–H groups in total. The van der Waals surface area contributed by atoms with Gasteiger partial charge in [-0.05, 0) is 75.2 Å². The number of benzene rings is 4. The molecule has 4 aromatic carbocycles. The van der Waals surface area contributed by atoms with Crippen LogP contribution >= 0.6 is 22.7 Å². The second kappa shape index (κ2) is 20.4. The lowest BCUT2D eigenvalue weighted by molar-refractivity contribution is 0.102. The van der Waals surface area contributed by atoms with E-state index in [0.717, 1.165) is 25.6 Å². The first-order chi connectivity index (χ1) is 32.5. The number of aryl methyl sites for hydroxylation is 7. The average Bonchev–Trinajstić information content (AvgIpc) is 4.19. The summed E-state index contributed by atoms with van der Waals surface area (Å²) in [6.45, 7) is 3.62. The zero-order valence-electron chi connectivity index (χ0n) is 37.0. The number of thiazole rings is 2. The van der Waals surface area contributed by atoms with E-state index in [-0.39, 0.29) is 43.9 Å². The van der Waals surface area contributed by atoms with Crippen LogP contribution in [0.15, 0.2) is 110 Å². The highest BCUT2D eigenvalue weighted by Gasteiger charge is 2.37. The molecule has 0 saturated heterocycles. The number of nitrogens with one attached hydrogen (secondary N) is 3. The summed E-state index contributed by atoms with van der Waals surface area (Å²) in [7, 11) is 4.78. The molecule has 4 heterocycles. The standard InChI is InChI=1S/C47H44N12O6S2/c1-28-14-18-36(34(22-28)42(60)32-10-6-8-12-38(32)64-4)58(46(62)53-44-48-24-30(66-44)16-20-40-50-26-51-55-40)59(47(63)54-45-49-25-31(67-45)17-21-41-56-52-27-57(41)3)37-19-15-29(2)23-35(37)43(61)33-11-7-9-13-39(33)65-5/h6-15,18-19,22-27H,16-17,20-21H2,1-5H3,(H,48,53,62)(H,49,54,63)(H,50,51,55). The van der Waals surface area contributed by atoms with Gasteiger partial charge >= 0.3 is 12.1 Å². The Bertz CT molecular complexity index is 3070. The number of para-hydroxylation sites is 2. The summed E-state index contributed by atoms with van der Waals surface area (Å²) < 4.78 is 13.0. The number of anilines is 4. The summed E-state index contributed by atoms with van der Waals surface area (Å²) in [6, 6.07) is 21.5. The smallest absolute Gasteiger partial charge is 0.347 e. The number of ether oxygens (including phenoxy) is 2. The molecule has 20 heteroatoms. The maximum absolute atomic E-state index is 15.4. The molecule has 8 aromatic rings. The topological polar surface area (TPSA) is 215 Å². The third kappa shape index (κ3) is 10.2. The Labute approximate surface area is 392 Å². The molecule has 0 bridgehead atoms. The molecular weight excluding hydrogens is 893 g/mol. The van der Waals surface area contributed by atoms with Crippen molar-refractivity contribution in [1.29, 1.82) is 0 Å². The number of urea groups is 2. The minimum atomic E-state index is -0.885. The molecule has 0 aliphatic rings. The number of methoxy groups -OCH3 is 2. The van der Waals surface area contributed by atoms with Crippen molar-refractivity contribution in [2.75, 3.05) is 34.9 Å². The number of aromatic nitrogens is 8. The fourth-order valence-corrected chi connectivity index (χ4v) is 8.82. The fraction of sp³-hybridized carbons (Fsp3) is 0.191. The predicted octanol–water partition coefficient (Wildman–Crippen LogP) is 8.20. The van der Waals surface area contributed by atoms with Crippen molar-refractivity contribution in [2.24, 2.45) is 7.05 Å². The van der Waals surface area contributed by atoms with Gasteiger partial charge in [-0.3, -0.25) is 20.2 Å². The summed E-state index contributed by atoms with van der Waals surface area (Å²) in [4.78, 5) is 74.2. The molecule has 0 aliphatic heterocycles. The Morgan fingerprint density at radius 2 is 1.15 bits per heavy atom. The largest absolute Gasteiger partial charge is 0.496 e. The van der Waals surface area contributed by atoms with E-state index in [4.69, 9.17) is 9.47 Å². The van der Waals surface area contributed by atoms with Crippen LogP contribution in [0.1, 0.15) is 64.4 Å². The van der Waals surface area contributed by atoms with E-state index in [1.807, 2.05) is 25.5 Å². The average molecular weight is 937 g/mol. The van der Waals surface area contributed by atoms with E-state index in [1.165, 1.54) is 43.2 Å². The predicted molar refractivity (Wildman–Crippen MR) is 255 cm³/mol. The van der Waals surface area contributed by atoms with Gasteiger partial charge in [0.2, 0.25) is 0 Å². The van der Waals surface area contributed by atoms with Crippen LogP contribution in [0.2, 0.25) is 0 Å². The summed E-state index contributed by atoms with van der Waals surface area (Å²) >= 11 is 2.46. The van der Waals surface area contributed by atoms with Crippen LogP contribution in [0, 0.1) is 13.8 Å². The van der Waals surface area contributed by atoms with Gasteiger partial charge in [0.25, 0.3) is 0 Å². The number of nitrogens with zero attached hydrogens (tertiary/aromatic N) is 9. The number of ketones is 2. The number of H-pyrrole nitrogens is 1. The zero-order chi connectivity index (χ0) is 47.0. The summed E-state index contributed by atoms with van der Waals surface area (Å²) in [5.41, 5.74) is 1.89. The molecule has 4 aromatic heterocycles. The van der Waals surface area contributed by atoms with Gasteiger partial charge in [-0.15, -0.1) is 43.1 Å².